The first-order valence-corrected chi connectivity index (χ1v) is 6.08. The first kappa shape index (κ1) is 13.2. The van der Waals surface area contributed by atoms with Gasteiger partial charge in [0.05, 0.1) is 0 Å². The van der Waals surface area contributed by atoms with Crippen LogP contribution in [-0.2, 0) is 6.54 Å². The Balaban J connectivity index is 1.95. The van der Waals surface area contributed by atoms with Gasteiger partial charge in [0.2, 0.25) is 0 Å². The molecule has 0 fully saturated rings. The molecule has 0 saturated heterocycles. The van der Waals surface area contributed by atoms with E-state index in [0.29, 0.717) is 12.3 Å². The molecule has 2 rings (SSSR count). The fourth-order valence-electron chi connectivity index (χ4n) is 1.72. The van der Waals surface area contributed by atoms with E-state index in [1.165, 1.54) is 0 Å². The summed E-state index contributed by atoms with van der Waals surface area (Å²) in [6, 6.07) is 14.4. The van der Waals surface area contributed by atoms with Gasteiger partial charge < -0.3 is 15.2 Å². The van der Waals surface area contributed by atoms with Crippen LogP contribution in [0, 0.1) is 0 Å². The van der Waals surface area contributed by atoms with Crippen LogP contribution in [0.1, 0.15) is 5.56 Å². The number of phenols is 1. The lowest BCUT2D eigenvalue weighted by molar-refractivity contribution is 0.273. The van der Waals surface area contributed by atoms with Crippen LogP contribution in [0.4, 0.5) is 10.1 Å². The summed E-state index contributed by atoms with van der Waals surface area (Å²) < 4.78 is 17.2. The highest BCUT2D eigenvalue weighted by atomic mass is 19.1. The summed E-state index contributed by atoms with van der Waals surface area (Å²) in [5, 5.41) is 12.6. The van der Waals surface area contributed by atoms with Crippen LogP contribution < -0.4 is 10.1 Å². The lowest BCUT2D eigenvalue weighted by Gasteiger charge is -2.09. The monoisotopic (exact) mass is 261 g/mol. The lowest BCUT2D eigenvalue weighted by Crippen LogP contribution is -2.01. The van der Waals surface area contributed by atoms with E-state index in [2.05, 4.69) is 5.32 Å². The predicted molar refractivity (Wildman–Crippen MR) is 73.3 cm³/mol. The average molecular weight is 261 g/mol. The van der Waals surface area contributed by atoms with Crippen molar-refractivity contribution in [1.29, 1.82) is 0 Å². The molecule has 0 bridgehead atoms. The normalized spacial score (nSPS) is 10.2. The molecule has 0 aliphatic heterocycles. The average Bonchev–Trinajstić information content (AvgIpc) is 2.43. The topological polar surface area (TPSA) is 41.5 Å². The van der Waals surface area contributed by atoms with E-state index < -0.39 is 6.67 Å². The number of rotatable bonds is 6. The molecule has 0 unspecified atom stereocenters. The van der Waals surface area contributed by atoms with Gasteiger partial charge in [0.1, 0.15) is 24.8 Å². The SMILES string of the molecule is Oc1cccc(CNc2cccc(OCCF)c2)c1. The number of anilines is 1. The Bertz CT molecular complexity index is 531. The van der Waals surface area contributed by atoms with Crippen LogP contribution in [0.15, 0.2) is 48.5 Å². The maximum Gasteiger partial charge on any atom is 0.123 e. The summed E-state index contributed by atoms with van der Waals surface area (Å²) >= 11 is 0. The van der Waals surface area contributed by atoms with Gasteiger partial charge in [0.25, 0.3) is 0 Å². The third-order valence-corrected chi connectivity index (χ3v) is 2.59. The minimum absolute atomic E-state index is 0.0655. The fraction of sp³-hybridized carbons (Fsp3) is 0.200. The number of halogens is 1. The van der Waals surface area contributed by atoms with Gasteiger partial charge >= 0.3 is 0 Å². The minimum atomic E-state index is -0.499. The zero-order chi connectivity index (χ0) is 13.5. The molecule has 0 aliphatic carbocycles. The summed E-state index contributed by atoms with van der Waals surface area (Å²) in [4.78, 5) is 0. The first-order chi connectivity index (χ1) is 9.28. The number of aromatic hydroxyl groups is 1. The maximum absolute atomic E-state index is 12.0. The third-order valence-electron chi connectivity index (χ3n) is 2.59. The zero-order valence-electron chi connectivity index (χ0n) is 10.5. The van der Waals surface area contributed by atoms with Gasteiger partial charge in [-0.2, -0.15) is 0 Å². The predicted octanol–water partition coefficient (Wildman–Crippen LogP) is 3.35. The van der Waals surface area contributed by atoms with E-state index in [0.717, 1.165) is 11.3 Å². The molecule has 0 amide bonds. The summed E-state index contributed by atoms with van der Waals surface area (Å²) in [5.74, 6) is 0.887. The van der Waals surface area contributed by atoms with Crippen molar-refractivity contribution in [2.75, 3.05) is 18.6 Å². The second-order valence-electron chi connectivity index (χ2n) is 4.09. The molecule has 4 heteroatoms. The molecular weight excluding hydrogens is 245 g/mol. The van der Waals surface area contributed by atoms with Gasteiger partial charge in [-0.3, -0.25) is 0 Å². The van der Waals surface area contributed by atoms with Crippen molar-refractivity contribution in [3.8, 4) is 11.5 Å². The number of benzene rings is 2. The van der Waals surface area contributed by atoms with Gasteiger partial charge in [0, 0.05) is 18.3 Å². The summed E-state index contributed by atoms with van der Waals surface area (Å²) in [5.41, 5.74) is 1.87. The van der Waals surface area contributed by atoms with Crippen molar-refractivity contribution >= 4 is 5.69 Å². The van der Waals surface area contributed by atoms with Crippen molar-refractivity contribution in [2.45, 2.75) is 6.54 Å². The van der Waals surface area contributed by atoms with Crippen molar-refractivity contribution in [2.24, 2.45) is 0 Å². The Kier molecular flexibility index (Phi) is 4.61. The van der Waals surface area contributed by atoms with E-state index >= 15 is 0 Å². The number of nitrogens with one attached hydrogen (secondary N) is 1. The number of alkyl halides is 1. The second-order valence-corrected chi connectivity index (χ2v) is 4.09. The van der Waals surface area contributed by atoms with Gasteiger partial charge in [-0.25, -0.2) is 4.39 Å². The number of hydrogen-bond acceptors (Lipinski definition) is 3. The number of ether oxygens (including phenoxy) is 1. The van der Waals surface area contributed by atoms with Crippen LogP contribution in [0.5, 0.6) is 11.5 Å². The van der Waals surface area contributed by atoms with Gasteiger partial charge in [0.15, 0.2) is 0 Å². The third kappa shape index (κ3) is 4.17. The molecule has 2 aromatic rings. The highest BCUT2D eigenvalue weighted by molar-refractivity contribution is 5.48. The van der Waals surface area contributed by atoms with E-state index in [9.17, 15) is 9.50 Å². The molecule has 19 heavy (non-hydrogen) atoms. The van der Waals surface area contributed by atoms with Gasteiger partial charge in [-0.05, 0) is 29.8 Å². The maximum atomic E-state index is 12.0. The van der Waals surface area contributed by atoms with Crippen molar-refractivity contribution in [1.82, 2.24) is 0 Å². The molecule has 0 aromatic heterocycles. The first-order valence-electron chi connectivity index (χ1n) is 6.08. The second kappa shape index (κ2) is 6.64. The number of hydrogen-bond donors (Lipinski definition) is 2. The smallest absolute Gasteiger partial charge is 0.123 e. The highest BCUT2D eigenvalue weighted by Gasteiger charge is 1.98. The molecule has 0 heterocycles. The Morgan fingerprint density at radius 1 is 1.11 bits per heavy atom. The van der Waals surface area contributed by atoms with E-state index in [4.69, 9.17) is 4.74 Å². The van der Waals surface area contributed by atoms with Crippen LogP contribution in [0.25, 0.3) is 0 Å². The Morgan fingerprint density at radius 2 is 1.95 bits per heavy atom. The van der Waals surface area contributed by atoms with E-state index in [-0.39, 0.29) is 12.4 Å². The number of phenolic OH excluding ortho intramolecular Hbond substituents is 1. The van der Waals surface area contributed by atoms with Crippen LogP contribution in [0.2, 0.25) is 0 Å². The Labute approximate surface area is 111 Å². The Hall–Kier alpha value is -2.23. The quantitative estimate of drug-likeness (QED) is 0.837. The van der Waals surface area contributed by atoms with Crippen LogP contribution >= 0.6 is 0 Å². The molecular formula is C15H16FNO2. The van der Waals surface area contributed by atoms with Crippen molar-refractivity contribution in [3.63, 3.8) is 0 Å². The molecule has 0 spiro atoms. The molecule has 2 N–H and O–H groups in total. The largest absolute Gasteiger partial charge is 0.508 e. The van der Waals surface area contributed by atoms with E-state index in [1.54, 1.807) is 24.3 Å². The van der Waals surface area contributed by atoms with Crippen molar-refractivity contribution < 1.29 is 14.2 Å². The molecule has 0 aliphatic rings. The lowest BCUT2D eigenvalue weighted by atomic mass is 10.2. The van der Waals surface area contributed by atoms with Crippen LogP contribution in [-0.4, -0.2) is 18.4 Å². The molecule has 0 saturated carbocycles. The highest BCUT2D eigenvalue weighted by Crippen LogP contribution is 2.19. The Morgan fingerprint density at radius 3 is 2.74 bits per heavy atom. The standard InChI is InChI=1S/C15H16FNO2/c16-7-8-19-15-6-2-4-13(10-15)17-11-12-3-1-5-14(18)9-12/h1-6,9-10,17-18H,7-8,11H2. The van der Waals surface area contributed by atoms with Crippen LogP contribution in [0.3, 0.4) is 0 Å². The van der Waals surface area contributed by atoms with Gasteiger partial charge in [-0.15, -0.1) is 0 Å². The summed E-state index contributed by atoms with van der Waals surface area (Å²) in [6.07, 6.45) is 0. The molecule has 0 radical (unpaired) electrons. The van der Waals surface area contributed by atoms with Gasteiger partial charge in [-0.1, -0.05) is 18.2 Å². The minimum Gasteiger partial charge on any atom is -0.508 e. The molecule has 2 aromatic carbocycles. The fourth-order valence-corrected chi connectivity index (χ4v) is 1.72. The molecule has 0 atom stereocenters. The molecule has 3 nitrogen and oxygen atoms in total. The molecule has 100 valence electrons. The van der Waals surface area contributed by atoms with E-state index in [1.807, 2.05) is 24.3 Å². The summed E-state index contributed by atoms with van der Waals surface area (Å²) in [7, 11) is 0. The summed E-state index contributed by atoms with van der Waals surface area (Å²) in [6.45, 7) is 0.165. The van der Waals surface area contributed by atoms with Crippen molar-refractivity contribution in [3.05, 3.63) is 54.1 Å². The zero-order valence-corrected chi connectivity index (χ0v) is 10.5.